The number of likely N-dealkylation sites (tertiary alicyclic amines) is 1. The average Bonchev–Trinajstić information content (AvgIpc) is 2.76. The Morgan fingerprint density at radius 3 is 2.30 bits per heavy atom. The van der Waals surface area contributed by atoms with Gasteiger partial charge < -0.3 is 10.6 Å². The molecule has 0 unspecified atom stereocenters. The molecule has 1 fully saturated rings. The van der Waals surface area contributed by atoms with Crippen molar-refractivity contribution >= 4 is 15.8 Å². The molecule has 0 amide bonds. The van der Waals surface area contributed by atoms with Crippen LogP contribution in [-0.4, -0.2) is 57.3 Å². The SMILES string of the molecule is CCNC(=NCCS(=O)(=O)c1ccccc1)NC1CCN(Cc2ccccc2)CC1. The van der Waals surface area contributed by atoms with E-state index in [0.717, 1.165) is 39.0 Å². The Morgan fingerprint density at radius 2 is 1.67 bits per heavy atom. The average molecular weight is 429 g/mol. The summed E-state index contributed by atoms with van der Waals surface area (Å²) < 4.78 is 24.9. The van der Waals surface area contributed by atoms with Gasteiger partial charge in [-0.2, -0.15) is 0 Å². The molecule has 162 valence electrons. The van der Waals surface area contributed by atoms with Crippen LogP contribution in [0.4, 0.5) is 0 Å². The molecule has 1 saturated heterocycles. The summed E-state index contributed by atoms with van der Waals surface area (Å²) in [7, 11) is -3.31. The molecule has 2 aromatic carbocycles. The molecule has 2 N–H and O–H groups in total. The Hall–Kier alpha value is -2.38. The number of benzene rings is 2. The predicted octanol–water partition coefficient (Wildman–Crippen LogP) is 2.68. The van der Waals surface area contributed by atoms with Crippen molar-refractivity contribution in [1.29, 1.82) is 0 Å². The number of piperidine rings is 1. The van der Waals surface area contributed by atoms with Crippen molar-refractivity contribution in [3.8, 4) is 0 Å². The number of aliphatic imine (C=N–C) groups is 1. The van der Waals surface area contributed by atoms with Gasteiger partial charge in [-0.25, -0.2) is 8.42 Å². The summed E-state index contributed by atoms with van der Waals surface area (Å²) in [5.74, 6) is 0.700. The summed E-state index contributed by atoms with van der Waals surface area (Å²) in [4.78, 5) is 7.33. The highest BCUT2D eigenvalue weighted by atomic mass is 32.2. The fourth-order valence-corrected chi connectivity index (χ4v) is 4.75. The highest BCUT2D eigenvalue weighted by molar-refractivity contribution is 7.91. The Bertz CT molecular complexity index is 893. The monoisotopic (exact) mass is 428 g/mol. The van der Waals surface area contributed by atoms with Crippen molar-refractivity contribution in [2.24, 2.45) is 4.99 Å². The Labute approximate surface area is 180 Å². The summed E-state index contributed by atoms with van der Waals surface area (Å²) in [6.45, 7) is 6.05. The van der Waals surface area contributed by atoms with Gasteiger partial charge in [0.15, 0.2) is 15.8 Å². The molecule has 0 aromatic heterocycles. The molecule has 1 heterocycles. The molecule has 7 heteroatoms. The van der Waals surface area contributed by atoms with Crippen LogP contribution in [0.15, 0.2) is 70.6 Å². The summed E-state index contributed by atoms with van der Waals surface area (Å²) in [5.41, 5.74) is 1.35. The maximum Gasteiger partial charge on any atom is 0.191 e. The second-order valence-electron chi connectivity index (χ2n) is 7.57. The van der Waals surface area contributed by atoms with Crippen molar-refractivity contribution in [2.45, 2.75) is 37.2 Å². The molecular weight excluding hydrogens is 396 g/mol. The second kappa shape index (κ2) is 11.1. The van der Waals surface area contributed by atoms with Crippen LogP contribution in [0.1, 0.15) is 25.3 Å². The van der Waals surface area contributed by atoms with Crippen LogP contribution < -0.4 is 10.6 Å². The van der Waals surface area contributed by atoms with Gasteiger partial charge in [-0.1, -0.05) is 48.5 Å². The Balaban J connectivity index is 1.48. The summed E-state index contributed by atoms with van der Waals surface area (Å²) in [6, 6.07) is 19.5. The molecule has 3 rings (SSSR count). The maximum absolute atomic E-state index is 12.4. The first-order chi connectivity index (χ1) is 14.6. The van der Waals surface area contributed by atoms with Crippen LogP contribution in [0.5, 0.6) is 0 Å². The summed E-state index contributed by atoms with van der Waals surface area (Å²) >= 11 is 0. The summed E-state index contributed by atoms with van der Waals surface area (Å²) in [6.07, 6.45) is 2.08. The van der Waals surface area contributed by atoms with Crippen molar-refractivity contribution in [3.05, 3.63) is 66.2 Å². The van der Waals surface area contributed by atoms with E-state index in [1.807, 2.05) is 19.1 Å². The van der Waals surface area contributed by atoms with Crippen LogP contribution in [0.25, 0.3) is 0 Å². The van der Waals surface area contributed by atoms with Crippen LogP contribution in [0, 0.1) is 0 Å². The zero-order chi connectivity index (χ0) is 21.2. The van der Waals surface area contributed by atoms with Crippen LogP contribution in [0.3, 0.4) is 0 Å². The molecule has 6 nitrogen and oxygen atoms in total. The van der Waals surface area contributed by atoms with E-state index in [1.54, 1.807) is 24.3 Å². The molecule has 30 heavy (non-hydrogen) atoms. The minimum atomic E-state index is -3.31. The second-order valence-corrected chi connectivity index (χ2v) is 9.68. The third-order valence-electron chi connectivity index (χ3n) is 5.25. The molecule has 0 atom stereocenters. The number of nitrogens with one attached hydrogen (secondary N) is 2. The molecule has 1 aliphatic heterocycles. The number of guanidine groups is 1. The van der Waals surface area contributed by atoms with Crippen molar-refractivity contribution in [2.75, 3.05) is 31.9 Å². The van der Waals surface area contributed by atoms with Gasteiger partial charge in [0.05, 0.1) is 17.2 Å². The molecule has 0 spiro atoms. The lowest BCUT2D eigenvalue weighted by Gasteiger charge is -2.33. The third kappa shape index (κ3) is 6.85. The van der Waals surface area contributed by atoms with E-state index >= 15 is 0 Å². The van der Waals surface area contributed by atoms with E-state index in [4.69, 9.17) is 0 Å². The number of hydrogen-bond acceptors (Lipinski definition) is 4. The molecular formula is C23H32N4O2S. The number of hydrogen-bond donors (Lipinski definition) is 2. The number of rotatable bonds is 8. The first-order valence-corrected chi connectivity index (χ1v) is 12.3. The summed E-state index contributed by atoms with van der Waals surface area (Å²) in [5, 5.41) is 6.72. The standard InChI is InChI=1S/C23H32N4O2S/c1-2-24-23(25-15-18-30(28,29)22-11-7-4-8-12-22)26-21-13-16-27(17-14-21)19-20-9-5-3-6-10-20/h3-12,21H,2,13-19H2,1H3,(H2,24,25,26). The minimum absolute atomic E-state index is 0.00308. The Kier molecular flexibility index (Phi) is 8.28. The minimum Gasteiger partial charge on any atom is -0.357 e. The van der Waals surface area contributed by atoms with Crippen molar-refractivity contribution in [3.63, 3.8) is 0 Å². The molecule has 2 aromatic rings. The smallest absolute Gasteiger partial charge is 0.191 e. The molecule has 0 bridgehead atoms. The van der Waals surface area contributed by atoms with Gasteiger partial charge in [0.25, 0.3) is 0 Å². The number of nitrogens with zero attached hydrogens (tertiary/aromatic N) is 2. The zero-order valence-electron chi connectivity index (χ0n) is 17.6. The fourth-order valence-electron chi connectivity index (χ4n) is 3.61. The van der Waals surface area contributed by atoms with E-state index in [2.05, 4.69) is 44.8 Å². The van der Waals surface area contributed by atoms with E-state index in [-0.39, 0.29) is 12.3 Å². The van der Waals surface area contributed by atoms with Gasteiger partial charge in [0.1, 0.15) is 0 Å². The fraction of sp³-hybridized carbons (Fsp3) is 0.435. The van der Waals surface area contributed by atoms with Gasteiger partial charge in [-0.05, 0) is 37.5 Å². The lowest BCUT2D eigenvalue weighted by atomic mass is 10.0. The first-order valence-electron chi connectivity index (χ1n) is 10.7. The van der Waals surface area contributed by atoms with Gasteiger partial charge in [-0.3, -0.25) is 9.89 Å². The van der Waals surface area contributed by atoms with E-state index in [9.17, 15) is 8.42 Å². The highest BCUT2D eigenvalue weighted by Gasteiger charge is 2.20. The topological polar surface area (TPSA) is 73.8 Å². The van der Waals surface area contributed by atoms with Crippen molar-refractivity contribution in [1.82, 2.24) is 15.5 Å². The third-order valence-corrected chi connectivity index (χ3v) is 6.96. The zero-order valence-corrected chi connectivity index (χ0v) is 18.4. The molecule has 0 radical (unpaired) electrons. The van der Waals surface area contributed by atoms with Crippen LogP contribution in [0.2, 0.25) is 0 Å². The van der Waals surface area contributed by atoms with Crippen LogP contribution in [-0.2, 0) is 16.4 Å². The molecule has 0 aliphatic carbocycles. The maximum atomic E-state index is 12.4. The highest BCUT2D eigenvalue weighted by Crippen LogP contribution is 2.14. The van der Waals surface area contributed by atoms with E-state index in [1.165, 1.54) is 5.56 Å². The normalized spacial score (nSPS) is 16.4. The molecule has 0 saturated carbocycles. The van der Waals surface area contributed by atoms with E-state index in [0.29, 0.717) is 16.9 Å². The lowest BCUT2D eigenvalue weighted by Crippen LogP contribution is -2.48. The van der Waals surface area contributed by atoms with E-state index < -0.39 is 9.84 Å². The Morgan fingerprint density at radius 1 is 1.03 bits per heavy atom. The van der Waals surface area contributed by atoms with Gasteiger partial charge in [0.2, 0.25) is 0 Å². The number of sulfone groups is 1. The van der Waals surface area contributed by atoms with Crippen LogP contribution >= 0.6 is 0 Å². The quantitative estimate of drug-likeness (QED) is 0.500. The predicted molar refractivity (Wildman–Crippen MR) is 122 cm³/mol. The van der Waals surface area contributed by atoms with Gasteiger partial charge in [0, 0.05) is 32.2 Å². The van der Waals surface area contributed by atoms with Gasteiger partial charge in [-0.15, -0.1) is 0 Å². The lowest BCUT2D eigenvalue weighted by molar-refractivity contribution is 0.198. The molecule has 1 aliphatic rings. The van der Waals surface area contributed by atoms with Crippen molar-refractivity contribution < 1.29 is 8.42 Å². The first kappa shape index (κ1) is 22.3. The largest absolute Gasteiger partial charge is 0.357 e. The van der Waals surface area contributed by atoms with Gasteiger partial charge >= 0.3 is 0 Å².